The van der Waals surface area contributed by atoms with Crippen LogP contribution in [-0.2, 0) is 7.05 Å². The van der Waals surface area contributed by atoms with E-state index >= 15 is 0 Å². The van der Waals surface area contributed by atoms with E-state index in [1.807, 2.05) is 0 Å². The van der Waals surface area contributed by atoms with Crippen molar-refractivity contribution < 1.29 is 22.7 Å². The summed E-state index contributed by atoms with van der Waals surface area (Å²) in [5.74, 6) is -0.872. The van der Waals surface area contributed by atoms with Crippen molar-refractivity contribution in [3.05, 3.63) is 42.2 Å². The van der Waals surface area contributed by atoms with E-state index in [1.54, 1.807) is 7.05 Å². The first-order valence-corrected chi connectivity index (χ1v) is 5.49. The number of amides is 1. The lowest BCUT2D eigenvalue weighted by atomic mass is 10.2. The van der Waals surface area contributed by atoms with Gasteiger partial charge in [0.1, 0.15) is 5.75 Å². The van der Waals surface area contributed by atoms with E-state index in [0.29, 0.717) is 5.56 Å². The number of halogens is 3. The van der Waals surface area contributed by atoms with Crippen LogP contribution in [0.25, 0.3) is 0 Å². The number of benzene rings is 1. The minimum absolute atomic E-state index is 0.195. The van der Waals surface area contributed by atoms with E-state index in [9.17, 15) is 18.0 Å². The Labute approximate surface area is 112 Å². The van der Waals surface area contributed by atoms with Gasteiger partial charge >= 0.3 is 6.36 Å². The van der Waals surface area contributed by atoms with Crippen LogP contribution in [0.3, 0.4) is 0 Å². The molecule has 8 heteroatoms. The Morgan fingerprint density at radius 3 is 2.75 bits per heavy atom. The van der Waals surface area contributed by atoms with Gasteiger partial charge in [-0.05, 0) is 12.1 Å². The standard InChI is InChI=1S/C12H10F3N3O2/c1-18-7-8(6-16-18)11(19)17-9-3-2-4-10(5-9)20-12(13,14)15/h2-7H,1H3,(H,17,19). The summed E-state index contributed by atoms with van der Waals surface area (Å²) in [7, 11) is 1.65. The summed E-state index contributed by atoms with van der Waals surface area (Å²) >= 11 is 0. The predicted molar refractivity (Wildman–Crippen MR) is 64.3 cm³/mol. The van der Waals surface area contributed by atoms with Crippen molar-refractivity contribution in [3.8, 4) is 5.75 Å². The molecule has 20 heavy (non-hydrogen) atoms. The third-order valence-electron chi connectivity index (χ3n) is 2.29. The zero-order chi connectivity index (χ0) is 14.8. The van der Waals surface area contributed by atoms with Gasteiger partial charge in [-0.1, -0.05) is 6.07 Å². The van der Waals surface area contributed by atoms with Gasteiger partial charge in [-0.2, -0.15) is 5.10 Å². The van der Waals surface area contributed by atoms with Crippen LogP contribution in [0.2, 0.25) is 0 Å². The van der Waals surface area contributed by atoms with Crippen molar-refractivity contribution in [2.75, 3.05) is 5.32 Å². The van der Waals surface area contributed by atoms with E-state index in [-0.39, 0.29) is 5.69 Å². The summed E-state index contributed by atoms with van der Waals surface area (Å²) in [6, 6.07) is 5.03. The third kappa shape index (κ3) is 3.74. The molecule has 0 saturated heterocycles. The Morgan fingerprint density at radius 2 is 2.15 bits per heavy atom. The second kappa shape index (κ2) is 5.24. The SMILES string of the molecule is Cn1cc(C(=O)Nc2cccc(OC(F)(F)F)c2)cn1. The normalized spacial score (nSPS) is 11.2. The van der Waals surface area contributed by atoms with Gasteiger partial charge in [0.05, 0.1) is 11.8 Å². The highest BCUT2D eigenvalue weighted by atomic mass is 19.4. The molecule has 0 atom stereocenters. The highest BCUT2D eigenvalue weighted by Gasteiger charge is 2.31. The van der Waals surface area contributed by atoms with E-state index in [0.717, 1.165) is 12.1 Å². The van der Waals surface area contributed by atoms with Crippen LogP contribution < -0.4 is 10.1 Å². The monoisotopic (exact) mass is 285 g/mol. The molecule has 1 N–H and O–H groups in total. The number of ether oxygens (including phenoxy) is 1. The largest absolute Gasteiger partial charge is 0.573 e. The molecule has 0 radical (unpaired) electrons. The number of hydrogen-bond donors (Lipinski definition) is 1. The van der Waals surface area contributed by atoms with Crippen molar-refractivity contribution in [1.29, 1.82) is 0 Å². The van der Waals surface area contributed by atoms with E-state index in [2.05, 4.69) is 15.2 Å². The molecule has 2 aromatic rings. The summed E-state index contributed by atoms with van der Waals surface area (Å²) < 4.78 is 41.5. The molecule has 0 aliphatic heterocycles. The van der Waals surface area contributed by atoms with Crippen LogP contribution in [0, 0.1) is 0 Å². The third-order valence-corrected chi connectivity index (χ3v) is 2.29. The maximum atomic E-state index is 12.1. The first kappa shape index (κ1) is 13.9. The van der Waals surface area contributed by atoms with Gasteiger partial charge < -0.3 is 10.1 Å². The molecule has 5 nitrogen and oxygen atoms in total. The van der Waals surface area contributed by atoms with Crippen LogP contribution in [0.1, 0.15) is 10.4 Å². The van der Waals surface area contributed by atoms with Crippen molar-refractivity contribution in [1.82, 2.24) is 9.78 Å². The fraction of sp³-hybridized carbons (Fsp3) is 0.167. The smallest absolute Gasteiger partial charge is 0.406 e. The molecule has 0 spiro atoms. The van der Waals surface area contributed by atoms with Gasteiger partial charge in [-0.3, -0.25) is 9.48 Å². The van der Waals surface area contributed by atoms with Crippen molar-refractivity contribution in [2.24, 2.45) is 7.05 Å². The predicted octanol–water partition coefficient (Wildman–Crippen LogP) is 2.57. The Kier molecular flexibility index (Phi) is 3.64. The maximum absolute atomic E-state index is 12.1. The lowest BCUT2D eigenvalue weighted by molar-refractivity contribution is -0.274. The van der Waals surface area contributed by atoms with Crippen LogP contribution in [0.4, 0.5) is 18.9 Å². The maximum Gasteiger partial charge on any atom is 0.573 e. The Bertz CT molecular complexity index is 622. The molecule has 1 aromatic heterocycles. The molecule has 0 bridgehead atoms. The number of anilines is 1. The molecule has 1 aromatic carbocycles. The first-order chi connectivity index (χ1) is 9.33. The lowest BCUT2D eigenvalue weighted by Gasteiger charge is -2.10. The second-order valence-electron chi connectivity index (χ2n) is 3.93. The number of hydrogen-bond acceptors (Lipinski definition) is 3. The Balaban J connectivity index is 2.10. The topological polar surface area (TPSA) is 56.2 Å². The molecular formula is C12H10F3N3O2. The quantitative estimate of drug-likeness (QED) is 0.943. The number of nitrogens with zero attached hydrogens (tertiary/aromatic N) is 2. The molecule has 106 valence electrons. The second-order valence-corrected chi connectivity index (χ2v) is 3.93. The number of carbonyl (C=O) groups excluding carboxylic acids is 1. The average Bonchev–Trinajstić information content (AvgIpc) is 2.74. The van der Waals surface area contributed by atoms with Crippen molar-refractivity contribution >= 4 is 11.6 Å². The average molecular weight is 285 g/mol. The fourth-order valence-corrected chi connectivity index (χ4v) is 1.51. The van der Waals surface area contributed by atoms with Crippen LogP contribution in [0.5, 0.6) is 5.75 Å². The zero-order valence-corrected chi connectivity index (χ0v) is 10.3. The molecular weight excluding hydrogens is 275 g/mol. The van der Waals surface area contributed by atoms with E-state index < -0.39 is 18.0 Å². The molecule has 0 saturated carbocycles. The van der Waals surface area contributed by atoms with Gasteiger partial charge in [0.25, 0.3) is 5.91 Å². The molecule has 1 heterocycles. The van der Waals surface area contributed by atoms with E-state index in [4.69, 9.17) is 0 Å². The summed E-state index contributed by atoms with van der Waals surface area (Å²) in [5, 5.41) is 6.29. The number of carbonyl (C=O) groups is 1. The lowest BCUT2D eigenvalue weighted by Crippen LogP contribution is -2.17. The highest BCUT2D eigenvalue weighted by molar-refractivity contribution is 6.04. The number of alkyl halides is 3. The molecule has 1 amide bonds. The summed E-state index contributed by atoms with van der Waals surface area (Å²) in [5.41, 5.74) is 0.496. The van der Waals surface area contributed by atoms with Gasteiger partial charge in [0.2, 0.25) is 0 Å². The van der Waals surface area contributed by atoms with Crippen LogP contribution in [0.15, 0.2) is 36.7 Å². The van der Waals surface area contributed by atoms with Gasteiger partial charge in [0, 0.05) is 25.0 Å². The minimum Gasteiger partial charge on any atom is -0.406 e. The summed E-state index contributed by atoms with van der Waals surface area (Å²) in [4.78, 5) is 11.8. The van der Waals surface area contributed by atoms with Crippen molar-refractivity contribution in [2.45, 2.75) is 6.36 Å². The molecule has 0 aliphatic rings. The van der Waals surface area contributed by atoms with Gasteiger partial charge in [-0.25, -0.2) is 0 Å². The van der Waals surface area contributed by atoms with E-state index in [1.165, 1.54) is 29.2 Å². The van der Waals surface area contributed by atoms with Crippen molar-refractivity contribution in [3.63, 3.8) is 0 Å². The van der Waals surface area contributed by atoms with Crippen LogP contribution >= 0.6 is 0 Å². The molecule has 0 aliphatic carbocycles. The number of aromatic nitrogens is 2. The zero-order valence-electron chi connectivity index (χ0n) is 10.3. The van der Waals surface area contributed by atoms with Crippen LogP contribution in [-0.4, -0.2) is 22.1 Å². The van der Waals surface area contributed by atoms with Gasteiger partial charge in [-0.15, -0.1) is 13.2 Å². The number of aryl methyl sites for hydroxylation is 1. The fourth-order valence-electron chi connectivity index (χ4n) is 1.51. The summed E-state index contributed by atoms with van der Waals surface area (Å²) in [6.45, 7) is 0. The number of nitrogens with one attached hydrogen (secondary N) is 1. The Hall–Kier alpha value is -2.51. The molecule has 0 fully saturated rings. The highest BCUT2D eigenvalue weighted by Crippen LogP contribution is 2.25. The Morgan fingerprint density at radius 1 is 1.40 bits per heavy atom. The molecule has 0 unspecified atom stereocenters. The number of rotatable bonds is 3. The summed E-state index contributed by atoms with van der Waals surface area (Å²) in [6.07, 6.45) is -1.93. The first-order valence-electron chi connectivity index (χ1n) is 5.49. The molecule has 2 rings (SSSR count). The minimum atomic E-state index is -4.77. The van der Waals surface area contributed by atoms with Gasteiger partial charge in [0.15, 0.2) is 0 Å².